The van der Waals surface area contributed by atoms with Crippen LogP contribution in [-0.2, 0) is 14.9 Å². The van der Waals surface area contributed by atoms with E-state index in [1.54, 1.807) is 13.8 Å². The molecule has 1 aromatic rings. The maximum atomic E-state index is 12.7. The van der Waals surface area contributed by atoms with Gasteiger partial charge in [-0.15, -0.1) is 0 Å². The van der Waals surface area contributed by atoms with Crippen LogP contribution in [0.5, 0.6) is 0 Å². The van der Waals surface area contributed by atoms with Gasteiger partial charge in [0.1, 0.15) is 0 Å². The molecule has 0 saturated carbocycles. The first kappa shape index (κ1) is 12.6. The van der Waals surface area contributed by atoms with Crippen LogP contribution in [0.4, 0.5) is 4.39 Å². The Bertz CT molecular complexity index is 375. The average molecular weight is 227 g/mol. The second-order valence-electron chi connectivity index (χ2n) is 4.05. The van der Waals surface area contributed by atoms with E-state index in [4.69, 9.17) is 9.84 Å². The van der Waals surface area contributed by atoms with E-state index in [1.165, 1.54) is 25.4 Å². The summed E-state index contributed by atoms with van der Waals surface area (Å²) in [5.74, 6) is -1.65. The van der Waals surface area contributed by atoms with E-state index in [0.717, 1.165) is 0 Å². The van der Waals surface area contributed by atoms with Crippen LogP contribution >= 0.6 is 0 Å². The number of halogens is 1. The third kappa shape index (κ3) is 2.36. The largest absolute Gasteiger partial charge is 0.479 e. The van der Waals surface area contributed by atoms with Crippen LogP contribution in [0.25, 0.3) is 0 Å². The van der Waals surface area contributed by atoms with Crippen molar-refractivity contribution < 1.29 is 19.0 Å². The first-order chi connectivity index (χ1) is 7.39. The van der Waals surface area contributed by atoms with Gasteiger partial charge in [-0.3, -0.25) is 0 Å². The number of rotatable bonds is 4. The molecule has 0 bridgehead atoms. The molecule has 1 rings (SSSR count). The molecule has 5 heteroatoms. The lowest BCUT2D eigenvalue weighted by atomic mass is 9.80. The number of methoxy groups -OCH3 is 1. The van der Waals surface area contributed by atoms with E-state index in [-0.39, 0.29) is 0 Å². The van der Waals surface area contributed by atoms with Gasteiger partial charge in [0.25, 0.3) is 0 Å². The van der Waals surface area contributed by atoms with Gasteiger partial charge in [-0.1, -0.05) is 19.9 Å². The van der Waals surface area contributed by atoms with Crippen molar-refractivity contribution in [3.63, 3.8) is 0 Å². The summed E-state index contributed by atoms with van der Waals surface area (Å²) in [6, 6.07) is 2.71. The smallest absolute Gasteiger partial charge is 0.333 e. The fourth-order valence-corrected chi connectivity index (χ4v) is 1.61. The third-order valence-electron chi connectivity index (χ3n) is 2.59. The second kappa shape index (κ2) is 4.57. The lowest BCUT2D eigenvalue weighted by molar-refractivity contribution is -0.152. The summed E-state index contributed by atoms with van der Waals surface area (Å²) in [6.45, 7) is 3.43. The minimum atomic E-state index is -1.06. The van der Waals surface area contributed by atoms with E-state index in [0.29, 0.717) is 5.56 Å². The molecular weight excluding hydrogens is 213 g/mol. The number of hydrogen-bond acceptors (Lipinski definition) is 3. The number of carbonyl (C=O) groups is 1. The molecule has 4 nitrogen and oxygen atoms in total. The fourth-order valence-electron chi connectivity index (χ4n) is 1.61. The minimum absolute atomic E-state index is 0.594. The molecule has 1 aromatic heterocycles. The van der Waals surface area contributed by atoms with Gasteiger partial charge in [0, 0.05) is 18.7 Å². The highest BCUT2D eigenvalue weighted by Crippen LogP contribution is 2.28. The molecule has 0 fully saturated rings. The molecule has 1 unspecified atom stereocenters. The molecule has 1 atom stereocenters. The van der Waals surface area contributed by atoms with Crippen LogP contribution in [0.1, 0.15) is 19.4 Å². The number of carboxylic acids is 1. The summed E-state index contributed by atoms with van der Waals surface area (Å²) in [6.07, 6.45) is 0.323. The van der Waals surface area contributed by atoms with Crippen molar-refractivity contribution in [3.05, 3.63) is 29.8 Å². The van der Waals surface area contributed by atoms with Gasteiger partial charge < -0.3 is 9.84 Å². The summed E-state index contributed by atoms with van der Waals surface area (Å²) >= 11 is 0. The van der Waals surface area contributed by atoms with E-state index in [9.17, 15) is 9.18 Å². The fraction of sp³-hybridized carbons (Fsp3) is 0.455. The SMILES string of the molecule is COC(C(=O)O)C(C)(C)c1ccc(F)nc1. The van der Waals surface area contributed by atoms with Gasteiger partial charge in [-0.2, -0.15) is 4.39 Å². The Kier molecular flexibility index (Phi) is 3.59. The van der Waals surface area contributed by atoms with Crippen molar-refractivity contribution in [2.75, 3.05) is 7.11 Å². The zero-order valence-electron chi connectivity index (χ0n) is 9.40. The zero-order chi connectivity index (χ0) is 12.3. The van der Waals surface area contributed by atoms with E-state index in [1.807, 2.05) is 0 Å². The molecule has 16 heavy (non-hydrogen) atoms. The molecule has 0 aliphatic heterocycles. The minimum Gasteiger partial charge on any atom is -0.479 e. The quantitative estimate of drug-likeness (QED) is 0.794. The molecule has 0 aliphatic carbocycles. The Morgan fingerprint density at radius 1 is 1.56 bits per heavy atom. The number of aromatic nitrogens is 1. The predicted molar refractivity (Wildman–Crippen MR) is 55.7 cm³/mol. The van der Waals surface area contributed by atoms with Gasteiger partial charge in [0.2, 0.25) is 5.95 Å². The molecule has 1 N–H and O–H groups in total. The molecule has 0 saturated heterocycles. The Balaban J connectivity index is 3.08. The first-order valence-electron chi connectivity index (χ1n) is 4.77. The zero-order valence-corrected chi connectivity index (χ0v) is 9.40. The standard InChI is InChI=1S/C11H14FNO3/c1-11(2,9(16-3)10(14)15)7-4-5-8(12)13-6-7/h4-6,9H,1-3H3,(H,14,15). The molecule has 0 amide bonds. The topological polar surface area (TPSA) is 59.4 Å². The normalized spacial score (nSPS) is 13.5. The van der Waals surface area contributed by atoms with Crippen LogP contribution in [0.2, 0.25) is 0 Å². The highest BCUT2D eigenvalue weighted by Gasteiger charge is 2.37. The molecule has 1 heterocycles. The summed E-state index contributed by atoms with van der Waals surface area (Å²) < 4.78 is 17.6. The van der Waals surface area contributed by atoms with Gasteiger partial charge >= 0.3 is 5.97 Å². The second-order valence-corrected chi connectivity index (χ2v) is 4.05. The average Bonchev–Trinajstić information content (AvgIpc) is 2.18. The molecule has 0 aliphatic rings. The maximum absolute atomic E-state index is 12.7. The molecule has 88 valence electrons. The number of pyridine rings is 1. The molecule has 0 spiro atoms. The highest BCUT2D eigenvalue weighted by molar-refractivity contribution is 5.74. The summed E-state index contributed by atoms with van der Waals surface area (Å²) in [5.41, 5.74) is -0.162. The Morgan fingerprint density at radius 2 is 2.19 bits per heavy atom. The maximum Gasteiger partial charge on any atom is 0.333 e. The van der Waals surface area contributed by atoms with Crippen molar-refractivity contribution in [2.45, 2.75) is 25.4 Å². The lowest BCUT2D eigenvalue weighted by Crippen LogP contribution is -2.41. The van der Waals surface area contributed by atoms with Gasteiger partial charge in [0.05, 0.1) is 0 Å². The van der Waals surface area contributed by atoms with Crippen molar-refractivity contribution in [3.8, 4) is 0 Å². The van der Waals surface area contributed by atoms with E-state index >= 15 is 0 Å². The van der Waals surface area contributed by atoms with Crippen molar-refractivity contribution in [1.82, 2.24) is 4.98 Å². The van der Waals surface area contributed by atoms with Crippen LogP contribution < -0.4 is 0 Å². The van der Waals surface area contributed by atoms with Crippen LogP contribution in [-0.4, -0.2) is 29.3 Å². The number of hydrogen-bond donors (Lipinski definition) is 1. The highest BCUT2D eigenvalue weighted by atomic mass is 19.1. The monoisotopic (exact) mass is 227 g/mol. The lowest BCUT2D eigenvalue weighted by Gasteiger charge is -2.30. The Labute approximate surface area is 93.1 Å². The number of carboxylic acid groups (broad SMARTS) is 1. The van der Waals surface area contributed by atoms with Crippen LogP contribution in [0.15, 0.2) is 18.3 Å². The molecular formula is C11H14FNO3. The summed E-state index contributed by atoms with van der Waals surface area (Å²) in [4.78, 5) is 14.5. The number of aliphatic carboxylic acids is 1. The van der Waals surface area contributed by atoms with Gasteiger partial charge in [-0.25, -0.2) is 9.78 Å². The van der Waals surface area contributed by atoms with Crippen molar-refractivity contribution in [2.24, 2.45) is 0 Å². The Hall–Kier alpha value is -1.49. The number of nitrogens with zero attached hydrogens (tertiary/aromatic N) is 1. The van der Waals surface area contributed by atoms with Crippen molar-refractivity contribution >= 4 is 5.97 Å². The summed E-state index contributed by atoms with van der Waals surface area (Å²) in [7, 11) is 1.33. The van der Waals surface area contributed by atoms with E-state index < -0.39 is 23.4 Å². The van der Waals surface area contributed by atoms with Gasteiger partial charge in [-0.05, 0) is 11.6 Å². The summed E-state index contributed by atoms with van der Waals surface area (Å²) in [5, 5.41) is 9.01. The molecule has 0 aromatic carbocycles. The Morgan fingerprint density at radius 3 is 2.56 bits per heavy atom. The van der Waals surface area contributed by atoms with Crippen LogP contribution in [0.3, 0.4) is 0 Å². The van der Waals surface area contributed by atoms with Crippen molar-refractivity contribution in [1.29, 1.82) is 0 Å². The van der Waals surface area contributed by atoms with Gasteiger partial charge in [0.15, 0.2) is 6.10 Å². The van der Waals surface area contributed by atoms with Crippen LogP contribution in [0, 0.1) is 5.95 Å². The molecule has 0 radical (unpaired) electrons. The predicted octanol–water partition coefficient (Wildman–Crippen LogP) is 1.60. The van der Waals surface area contributed by atoms with E-state index in [2.05, 4.69) is 4.98 Å². The number of ether oxygens (including phenoxy) is 1. The first-order valence-corrected chi connectivity index (χ1v) is 4.77. The third-order valence-corrected chi connectivity index (χ3v) is 2.59.